The van der Waals surface area contributed by atoms with Crippen LogP contribution in [0.4, 0.5) is 9.59 Å². The molecule has 2 N–H and O–H groups in total. The zero-order chi connectivity index (χ0) is 38.7. The molecule has 1 fully saturated rings. The van der Waals surface area contributed by atoms with Crippen LogP contribution in [0.1, 0.15) is 78.5 Å². The summed E-state index contributed by atoms with van der Waals surface area (Å²) in [7, 11) is 1.28. The number of aromatic nitrogens is 4. The lowest BCUT2D eigenvalue weighted by atomic mass is 10.0. The molecule has 286 valence electrons. The van der Waals surface area contributed by atoms with Gasteiger partial charge in [-0.15, -0.1) is 11.3 Å². The third-order valence-corrected chi connectivity index (χ3v) is 10.3. The average molecular weight is 758 g/mol. The number of ether oxygens (including phenoxy) is 2. The van der Waals surface area contributed by atoms with Crippen molar-refractivity contribution in [2.24, 2.45) is 5.92 Å². The second-order valence-corrected chi connectivity index (χ2v) is 15.8. The lowest BCUT2D eigenvalue weighted by Crippen LogP contribution is -2.51. The summed E-state index contributed by atoms with van der Waals surface area (Å²) < 4.78 is 18.9. The van der Waals surface area contributed by atoms with Crippen molar-refractivity contribution in [3.63, 3.8) is 0 Å². The van der Waals surface area contributed by atoms with Crippen molar-refractivity contribution in [3.05, 3.63) is 60.4 Å². The number of nitrogens with one attached hydrogen (secondary N) is 2. The highest BCUT2D eigenvalue weighted by Crippen LogP contribution is 2.39. The maximum Gasteiger partial charge on any atom is 0.410 e. The molecule has 1 saturated heterocycles. The Morgan fingerprint density at radius 3 is 2.56 bits per heavy atom. The fourth-order valence-corrected chi connectivity index (χ4v) is 7.50. The van der Waals surface area contributed by atoms with Gasteiger partial charge in [-0.05, 0) is 51.5 Å². The molecule has 1 aromatic carbocycles. The summed E-state index contributed by atoms with van der Waals surface area (Å²) in [5.74, 6) is 1.59. The molecule has 0 saturated carbocycles. The number of benzene rings is 1. The van der Waals surface area contributed by atoms with E-state index in [0.29, 0.717) is 48.2 Å². The van der Waals surface area contributed by atoms with Gasteiger partial charge in [0, 0.05) is 37.0 Å². The summed E-state index contributed by atoms with van der Waals surface area (Å²) in [4.78, 5) is 67.2. The summed E-state index contributed by atoms with van der Waals surface area (Å²) in [6, 6.07) is 10.9. The van der Waals surface area contributed by atoms with Crippen LogP contribution in [0.3, 0.4) is 0 Å². The first-order valence-electron chi connectivity index (χ1n) is 18.1. The number of amides is 3. The summed E-state index contributed by atoms with van der Waals surface area (Å²) in [6.07, 6.45) is 5.38. The molecular weight excluding hydrogens is 711 g/mol. The maximum atomic E-state index is 13.5. The number of aromatic amines is 1. The van der Waals surface area contributed by atoms with Crippen molar-refractivity contribution in [1.82, 2.24) is 34.6 Å². The van der Waals surface area contributed by atoms with Crippen molar-refractivity contribution < 1.29 is 33.1 Å². The first-order valence-corrected chi connectivity index (χ1v) is 19.0. The van der Waals surface area contributed by atoms with Crippen LogP contribution in [0, 0.1) is 5.92 Å². The van der Waals surface area contributed by atoms with Crippen LogP contribution < -0.4 is 5.32 Å². The quantitative estimate of drug-likeness (QED) is 0.122. The van der Waals surface area contributed by atoms with E-state index < -0.39 is 23.8 Å². The van der Waals surface area contributed by atoms with E-state index in [-0.39, 0.29) is 24.4 Å². The Labute approximate surface area is 317 Å². The molecule has 0 bridgehead atoms. The molecule has 3 amide bonds. The predicted molar refractivity (Wildman–Crippen MR) is 205 cm³/mol. The first kappa shape index (κ1) is 38.3. The molecule has 4 aromatic heterocycles. The van der Waals surface area contributed by atoms with Gasteiger partial charge in [0.25, 0.3) is 0 Å². The second-order valence-electron chi connectivity index (χ2n) is 14.7. The number of rotatable bonds is 12. The molecule has 14 nitrogen and oxygen atoms in total. The van der Waals surface area contributed by atoms with Gasteiger partial charge in [0.05, 0.1) is 46.9 Å². The number of carbonyl (C=O) groups excluding carboxylic acids is 4. The summed E-state index contributed by atoms with van der Waals surface area (Å²) >= 11 is 1.51. The fourth-order valence-electron chi connectivity index (χ4n) is 6.52. The van der Waals surface area contributed by atoms with Gasteiger partial charge >= 0.3 is 12.2 Å². The average Bonchev–Trinajstić information content (AvgIpc) is 3.97. The Morgan fingerprint density at radius 2 is 1.91 bits per heavy atom. The molecular formula is C39H47N7O7S. The highest BCUT2D eigenvalue weighted by atomic mass is 32.1. The zero-order valence-corrected chi connectivity index (χ0v) is 32.5. The van der Waals surface area contributed by atoms with Crippen molar-refractivity contribution >= 4 is 46.1 Å². The largest absolute Gasteiger partial charge is 0.455 e. The Kier molecular flexibility index (Phi) is 11.3. The van der Waals surface area contributed by atoms with Gasteiger partial charge in [0.1, 0.15) is 34.6 Å². The zero-order valence-electron chi connectivity index (χ0n) is 31.7. The number of imidazole rings is 2. The standard InChI is InChI=1S/C39H47N7O7S/c1-8-15-44(38(50)53-39(4,5)6)21-33-41-27(20-45(33)22-47)31-18-30-32(54-31)17-29(52-30)25-13-11-24(12-14-25)26-19-40-35(42-26)28-10-9-16-46(28)36(48)34(23(2)3)43-37(49)51-7/h11-14,17-20,22-23,28,34H,8-10,15-16,21H2,1-7H3,(H,40,42)(H,43,49). The first-order chi connectivity index (χ1) is 25.8. The van der Waals surface area contributed by atoms with Crippen LogP contribution in [-0.4, -0.2) is 85.7 Å². The van der Waals surface area contributed by atoms with Gasteiger partial charge in [-0.25, -0.2) is 19.6 Å². The number of nitrogens with zero attached hydrogens (tertiary/aromatic N) is 5. The number of hydrogen-bond donors (Lipinski definition) is 2. The summed E-state index contributed by atoms with van der Waals surface area (Å²) in [6.45, 7) is 12.4. The van der Waals surface area contributed by atoms with Crippen molar-refractivity contribution in [1.29, 1.82) is 0 Å². The number of hydrogen-bond acceptors (Lipinski definition) is 10. The molecule has 2 atom stereocenters. The van der Waals surface area contributed by atoms with Crippen LogP contribution in [-0.2, 0) is 25.6 Å². The molecule has 2 unspecified atom stereocenters. The summed E-state index contributed by atoms with van der Waals surface area (Å²) in [5.41, 5.74) is 3.33. The molecule has 5 aromatic rings. The molecule has 6 rings (SSSR count). The molecule has 5 heterocycles. The van der Waals surface area contributed by atoms with E-state index in [2.05, 4.69) is 15.3 Å². The number of furan rings is 1. The van der Waals surface area contributed by atoms with Gasteiger partial charge < -0.3 is 34.0 Å². The molecule has 1 aliphatic heterocycles. The molecule has 1 aliphatic rings. The third kappa shape index (κ3) is 8.35. The van der Waals surface area contributed by atoms with E-state index in [1.165, 1.54) is 23.0 Å². The Bertz CT molecular complexity index is 2090. The molecule has 0 radical (unpaired) electrons. The van der Waals surface area contributed by atoms with Crippen LogP contribution in [0.25, 0.3) is 43.4 Å². The smallest absolute Gasteiger partial charge is 0.410 e. The topological polar surface area (TPSA) is 165 Å². The normalized spacial score (nSPS) is 15.1. The number of thiophene rings is 1. The summed E-state index contributed by atoms with van der Waals surface area (Å²) in [5, 5.41) is 2.68. The molecule has 0 aliphatic carbocycles. The van der Waals surface area contributed by atoms with Crippen LogP contribution in [0.2, 0.25) is 0 Å². The van der Waals surface area contributed by atoms with Crippen molar-refractivity contribution in [3.8, 4) is 33.2 Å². The predicted octanol–water partition coefficient (Wildman–Crippen LogP) is 7.64. The Morgan fingerprint density at radius 1 is 1.17 bits per heavy atom. The molecule has 54 heavy (non-hydrogen) atoms. The minimum Gasteiger partial charge on any atom is -0.455 e. The van der Waals surface area contributed by atoms with E-state index in [9.17, 15) is 19.2 Å². The van der Waals surface area contributed by atoms with Crippen LogP contribution in [0.5, 0.6) is 0 Å². The van der Waals surface area contributed by atoms with E-state index >= 15 is 0 Å². The number of carbonyl (C=O) groups is 4. The van der Waals surface area contributed by atoms with E-state index in [0.717, 1.165) is 45.7 Å². The number of fused-ring (bicyclic) bond motifs is 1. The number of methoxy groups -OCH3 is 1. The number of H-pyrrole nitrogens is 1. The monoisotopic (exact) mass is 757 g/mol. The molecule has 15 heteroatoms. The lowest BCUT2D eigenvalue weighted by molar-refractivity contribution is -0.135. The van der Waals surface area contributed by atoms with E-state index in [4.69, 9.17) is 18.9 Å². The van der Waals surface area contributed by atoms with Crippen LogP contribution in [0.15, 0.2) is 53.2 Å². The number of likely N-dealkylation sites (tertiary alicyclic amines) is 1. The van der Waals surface area contributed by atoms with Gasteiger partial charge in [0.2, 0.25) is 12.3 Å². The fraction of sp³-hybridized carbons (Fsp3) is 0.436. The second kappa shape index (κ2) is 15.9. The highest BCUT2D eigenvalue weighted by Gasteiger charge is 2.37. The highest BCUT2D eigenvalue weighted by molar-refractivity contribution is 7.22. The minimum atomic E-state index is -0.698. The minimum absolute atomic E-state index is 0.113. The van der Waals surface area contributed by atoms with E-state index in [1.54, 1.807) is 22.2 Å². The van der Waals surface area contributed by atoms with Gasteiger partial charge in [-0.2, -0.15) is 0 Å². The molecule has 0 spiro atoms. The lowest BCUT2D eigenvalue weighted by Gasteiger charge is -2.30. The number of alkyl carbamates (subject to hydrolysis) is 1. The Balaban J connectivity index is 1.14. The van der Waals surface area contributed by atoms with Gasteiger partial charge in [-0.3, -0.25) is 14.2 Å². The van der Waals surface area contributed by atoms with Crippen molar-refractivity contribution in [2.75, 3.05) is 20.2 Å². The van der Waals surface area contributed by atoms with E-state index in [1.807, 2.05) is 77.9 Å². The van der Waals surface area contributed by atoms with Crippen LogP contribution >= 0.6 is 11.3 Å². The van der Waals surface area contributed by atoms with Gasteiger partial charge in [-0.1, -0.05) is 45.0 Å². The van der Waals surface area contributed by atoms with Crippen molar-refractivity contribution in [2.45, 2.75) is 85.0 Å². The Hall–Kier alpha value is -5.44. The third-order valence-electron chi connectivity index (χ3n) is 9.18. The van der Waals surface area contributed by atoms with Gasteiger partial charge in [0.15, 0.2) is 0 Å². The SMILES string of the molecule is CCCN(Cc1nc(-c2cc3oc(-c4ccc(-c5cnc(C6CCCN6C(=O)C(NC(=O)OC)C(C)C)[nH]5)cc4)cc3s2)cn1C=O)C(=O)OC(C)(C)C. The maximum absolute atomic E-state index is 13.5.